The lowest BCUT2D eigenvalue weighted by molar-refractivity contribution is -0.155. The van der Waals surface area contributed by atoms with E-state index in [1.165, 1.54) is 27.3 Å². The Morgan fingerprint density at radius 1 is 1.16 bits per heavy atom. The molecule has 0 aliphatic carbocycles. The molecule has 16 nitrogen and oxygen atoms in total. The van der Waals surface area contributed by atoms with Crippen LogP contribution in [-0.2, 0) is 59.4 Å². The van der Waals surface area contributed by atoms with Crippen molar-refractivity contribution in [2.45, 2.75) is 98.0 Å². The second kappa shape index (κ2) is 19.1. The van der Waals surface area contributed by atoms with Gasteiger partial charge in [0.25, 0.3) is 5.91 Å². The molecule has 3 aliphatic heterocycles. The second-order valence-electron chi connectivity index (χ2n) is 17.9. The van der Waals surface area contributed by atoms with E-state index in [9.17, 15) is 24.0 Å². The van der Waals surface area contributed by atoms with Crippen LogP contribution in [0.15, 0.2) is 49.2 Å². The van der Waals surface area contributed by atoms with Crippen molar-refractivity contribution < 1.29 is 33.4 Å². The number of methoxy groups -OCH3 is 1. The molecule has 4 amide bonds. The van der Waals surface area contributed by atoms with Gasteiger partial charge in [-0.05, 0) is 80.5 Å². The van der Waals surface area contributed by atoms with Crippen LogP contribution in [0.5, 0.6) is 0 Å². The number of aryl methyl sites for hydroxylation is 1. The maximum absolute atomic E-state index is 14.5. The number of aromatic nitrogens is 4. The van der Waals surface area contributed by atoms with Gasteiger partial charge in [0.15, 0.2) is 0 Å². The van der Waals surface area contributed by atoms with E-state index in [4.69, 9.17) is 14.5 Å². The van der Waals surface area contributed by atoms with Crippen LogP contribution < -0.4 is 10.7 Å². The summed E-state index contributed by atoms with van der Waals surface area (Å²) in [5.74, 6) is -2.72. The predicted molar refractivity (Wildman–Crippen MR) is 239 cm³/mol. The standard InChI is InChI=1S/C46H59N9O7S/c1-9-38(56)53-20-17-29(24-53)43(58)52(7)39(27(3)4)41(57)48-34-22-37-49-50-42(63-37)28-15-16-36-31(21-28)32(40(54(36)10-2)30-13-11-18-47-35(30)25-61-8)23-46(5,6)26-62-45(60)33-14-12-19-55(51-33)44(34)59/h9,11,13,15-16,18,21,27,29,33-34,39,51H,1,10,12,14,17,19-20,22-26H2,2-8H3,(H,48,57)/t29-,33-,34-,39-/m0/s1. The number of fused-ring (bicyclic) bond motifs is 6. The number of nitrogens with zero attached hydrogens (tertiary/aromatic N) is 7. The second-order valence-corrected chi connectivity index (χ2v) is 18.9. The zero-order chi connectivity index (χ0) is 45.2. The van der Waals surface area contributed by atoms with Gasteiger partial charge in [0.2, 0.25) is 17.7 Å². The predicted octanol–water partition coefficient (Wildman–Crippen LogP) is 4.55. The highest BCUT2D eigenvalue weighted by Gasteiger charge is 2.40. The van der Waals surface area contributed by atoms with Gasteiger partial charge in [0.1, 0.15) is 28.1 Å². The molecular weight excluding hydrogens is 823 g/mol. The molecule has 7 rings (SSSR count). The largest absolute Gasteiger partial charge is 0.464 e. The summed E-state index contributed by atoms with van der Waals surface area (Å²) in [7, 11) is 3.25. The van der Waals surface area contributed by atoms with Gasteiger partial charge in [0, 0.05) is 80.4 Å². The molecule has 1 aromatic carbocycles. The molecule has 17 heteroatoms. The van der Waals surface area contributed by atoms with Gasteiger partial charge in [-0.15, -0.1) is 10.2 Å². The van der Waals surface area contributed by atoms with Crippen LogP contribution in [0.3, 0.4) is 0 Å². The number of carbonyl (C=O) groups excluding carboxylic acids is 5. The first-order chi connectivity index (χ1) is 30.1. The minimum atomic E-state index is -1.12. The van der Waals surface area contributed by atoms with Crippen molar-refractivity contribution in [3.8, 4) is 21.8 Å². The van der Waals surface area contributed by atoms with Gasteiger partial charge >= 0.3 is 5.97 Å². The fraction of sp³-hybridized carbons (Fsp3) is 0.522. The molecule has 63 heavy (non-hydrogen) atoms. The summed E-state index contributed by atoms with van der Waals surface area (Å²) in [6.45, 7) is 15.6. The number of amides is 4. The number of hydrazine groups is 1. The average molecular weight is 882 g/mol. The molecule has 0 saturated carbocycles. The van der Waals surface area contributed by atoms with E-state index >= 15 is 0 Å². The quantitative estimate of drug-likeness (QED) is 0.169. The van der Waals surface area contributed by atoms with Crippen molar-refractivity contribution in [2.24, 2.45) is 17.3 Å². The summed E-state index contributed by atoms with van der Waals surface area (Å²) in [5, 5.41) is 15.7. The topological polar surface area (TPSA) is 181 Å². The van der Waals surface area contributed by atoms with Gasteiger partial charge in [-0.1, -0.05) is 45.6 Å². The summed E-state index contributed by atoms with van der Waals surface area (Å²) in [4.78, 5) is 76.6. The number of rotatable bonds is 10. The third kappa shape index (κ3) is 9.55. The van der Waals surface area contributed by atoms with Crippen LogP contribution >= 0.6 is 11.3 Å². The van der Waals surface area contributed by atoms with E-state index in [0.29, 0.717) is 61.9 Å². The molecule has 2 N–H and O–H groups in total. The van der Waals surface area contributed by atoms with Gasteiger partial charge in [-0.3, -0.25) is 34.0 Å². The summed E-state index contributed by atoms with van der Waals surface area (Å²) < 4.78 is 14.0. The molecule has 0 unspecified atom stereocenters. The number of nitrogens with one attached hydrogen (secondary N) is 2. The number of benzene rings is 1. The first-order valence-electron chi connectivity index (χ1n) is 21.8. The Morgan fingerprint density at radius 3 is 2.68 bits per heavy atom. The Bertz CT molecular complexity index is 2390. The fourth-order valence-electron chi connectivity index (χ4n) is 9.20. The molecule has 0 radical (unpaired) electrons. The number of hydrogen-bond acceptors (Lipinski definition) is 12. The van der Waals surface area contributed by atoms with Crippen molar-refractivity contribution in [2.75, 3.05) is 40.4 Å². The summed E-state index contributed by atoms with van der Waals surface area (Å²) in [5.41, 5.74) is 8.36. The Morgan fingerprint density at radius 2 is 1.95 bits per heavy atom. The number of likely N-dealkylation sites (N-methyl/N-ethyl adjacent to an activating group) is 1. The molecule has 6 bridgehead atoms. The van der Waals surface area contributed by atoms with Crippen LogP contribution in [0.1, 0.15) is 70.1 Å². The number of ether oxygens (including phenoxy) is 2. The fourth-order valence-corrected chi connectivity index (χ4v) is 10.1. The molecule has 6 heterocycles. The van der Waals surface area contributed by atoms with E-state index in [2.05, 4.69) is 71.1 Å². The molecule has 2 saturated heterocycles. The monoisotopic (exact) mass is 881 g/mol. The first kappa shape index (κ1) is 45.5. The van der Waals surface area contributed by atoms with E-state index in [1.807, 2.05) is 26.0 Å². The Labute approximate surface area is 372 Å². The Balaban J connectivity index is 1.26. The highest BCUT2D eigenvalue weighted by molar-refractivity contribution is 7.14. The van der Waals surface area contributed by atoms with Crippen molar-refractivity contribution in [1.29, 1.82) is 0 Å². The normalized spacial score (nSPS) is 20.9. The summed E-state index contributed by atoms with van der Waals surface area (Å²) in [6.07, 6.45) is 5.04. The number of hydrogen-bond donors (Lipinski definition) is 2. The minimum Gasteiger partial charge on any atom is -0.464 e. The Kier molecular flexibility index (Phi) is 13.8. The number of cyclic esters (lactones) is 1. The molecule has 4 atom stereocenters. The van der Waals surface area contributed by atoms with E-state index in [-0.39, 0.29) is 37.3 Å². The SMILES string of the molecule is C=CC(=O)N1CC[C@H](C(=O)N(C)[C@H](C(=O)N[C@H]2Cc3nnc(s3)-c3ccc4c(c3)c(c(-c3cccnc3COC)n4CC)CC(C)(C)COC(=O)[C@@H]3CCCN(N3)C2=O)C(C)C)C1. The van der Waals surface area contributed by atoms with Crippen molar-refractivity contribution in [3.63, 3.8) is 0 Å². The van der Waals surface area contributed by atoms with Crippen molar-refractivity contribution in [3.05, 3.63) is 65.4 Å². The molecule has 336 valence electrons. The lowest BCUT2D eigenvalue weighted by Gasteiger charge is -2.36. The lowest BCUT2D eigenvalue weighted by atomic mass is 9.84. The van der Waals surface area contributed by atoms with Gasteiger partial charge in [0.05, 0.1) is 30.5 Å². The van der Waals surface area contributed by atoms with Gasteiger partial charge in [-0.2, -0.15) is 0 Å². The maximum atomic E-state index is 14.5. The molecule has 2 fully saturated rings. The highest BCUT2D eigenvalue weighted by Crippen LogP contribution is 2.41. The molecule has 3 aliphatic rings. The minimum absolute atomic E-state index is 0.0145. The third-order valence-corrected chi connectivity index (χ3v) is 13.3. The van der Waals surface area contributed by atoms with Crippen LogP contribution in [-0.4, -0.2) is 123 Å². The van der Waals surface area contributed by atoms with Crippen LogP contribution in [0.4, 0.5) is 0 Å². The zero-order valence-electron chi connectivity index (χ0n) is 37.3. The van der Waals surface area contributed by atoms with Gasteiger partial charge in [-0.25, -0.2) is 5.43 Å². The summed E-state index contributed by atoms with van der Waals surface area (Å²) in [6, 6.07) is 7.41. The molecule has 0 spiro atoms. The van der Waals surface area contributed by atoms with Crippen molar-refractivity contribution >= 4 is 51.8 Å². The number of esters is 1. The van der Waals surface area contributed by atoms with E-state index in [1.54, 1.807) is 25.3 Å². The van der Waals surface area contributed by atoms with E-state index in [0.717, 1.165) is 39.0 Å². The zero-order valence-corrected chi connectivity index (χ0v) is 38.1. The maximum Gasteiger partial charge on any atom is 0.324 e. The van der Waals surface area contributed by atoms with Crippen LogP contribution in [0.2, 0.25) is 0 Å². The first-order valence-corrected chi connectivity index (χ1v) is 22.6. The molecular formula is C46H59N9O7S. The average Bonchev–Trinajstić information content (AvgIpc) is 4.03. The Hall–Kier alpha value is -5.52. The number of carbonyl (C=O) groups is 5. The highest BCUT2D eigenvalue weighted by atomic mass is 32.1. The number of pyridine rings is 1. The van der Waals surface area contributed by atoms with Crippen LogP contribution in [0, 0.1) is 17.3 Å². The van der Waals surface area contributed by atoms with E-state index < -0.39 is 47.2 Å². The molecule has 3 aromatic heterocycles. The van der Waals surface area contributed by atoms with Gasteiger partial charge < -0.3 is 29.2 Å². The van der Waals surface area contributed by atoms with Crippen molar-refractivity contribution in [1.82, 2.24) is 45.3 Å². The molecule has 4 aromatic rings. The number of likely N-dealkylation sites (tertiary alicyclic amines) is 1. The third-order valence-electron chi connectivity index (χ3n) is 12.3. The smallest absolute Gasteiger partial charge is 0.324 e. The van der Waals surface area contributed by atoms with Crippen LogP contribution in [0.25, 0.3) is 32.7 Å². The summed E-state index contributed by atoms with van der Waals surface area (Å²) >= 11 is 1.34. The lowest BCUT2D eigenvalue weighted by Crippen LogP contribution is -2.62.